The summed E-state index contributed by atoms with van der Waals surface area (Å²) >= 11 is 0. The van der Waals surface area contributed by atoms with Crippen LogP contribution in [-0.4, -0.2) is 32.0 Å². The minimum atomic E-state index is -0.526. The molecule has 0 radical (unpaired) electrons. The summed E-state index contributed by atoms with van der Waals surface area (Å²) in [5.74, 6) is 0. The van der Waals surface area contributed by atoms with E-state index in [1.54, 1.807) is 7.05 Å². The Morgan fingerprint density at radius 2 is 2.33 bits per heavy atom. The van der Waals surface area contributed by atoms with Gasteiger partial charge in [0.25, 0.3) is 0 Å². The van der Waals surface area contributed by atoms with Crippen LogP contribution in [0.5, 0.6) is 0 Å². The molecule has 5 heteroatoms. The fourth-order valence-electron chi connectivity index (χ4n) is 0.814. The molecule has 1 atom stereocenters. The molecule has 0 aromatic rings. The zero-order chi connectivity index (χ0) is 9.40. The van der Waals surface area contributed by atoms with Gasteiger partial charge in [0.15, 0.2) is 0 Å². The third-order valence-corrected chi connectivity index (χ3v) is 1.53. The van der Waals surface area contributed by atoms with Crippen molar-refractivity contribution < 1.29 is 9.59 Å². The highest BCUT2D eigenvalue weighted by Crippen LogP contribution is 1.91. The lowest BCUT2D eigenvalue weighted by Crippen LogP contribution is -2.32. The molecule has 1 unspecified atom stereocenters. The summed E-state index contributed by atoms with van der Waals surface area (Å²) in [4.78, 5) is 20.5. The van der Waals surface area contributed by atoms with Gasteiger partial charge in [-0.05, 0) is 19.9 Å². The Labute approximate surface area is 71.7 Å². The number of hydrogen-bond donors (Lipinski definition) is 3. The first-order chi connectivity index (χ1) is 5.70. The maximum absolute atomic E-state index is 10.3. The Kier molecular flexibility index (Phi) is 6.00. The molecule has 70 valence electrons. The van der Waals surface area contributed by atoms with E-state index in [4.69, 9.17) is 5.73 Å². The van der Waals surface area contributed by atoms with E-state index in [2.05, 4.69) is 10.6 Å². The molecule has 0 saturated heterocycles. The smallest absolute Gasteiger partial charge is 0.312 e. The molecule has 0 aliphatic carbocycles. The molecule has 0 rings (SSSR count). The van der Waals surface area contributed by atoms with E-state index in [9.17, 15) is 9.59 Å². The highest BCUT2D eigenvalue weighted by Gasteiger charge is 2.02. The van der Waals surface area contributed by atoms with Crippen LogP contribution in [0, 0.1) is 0 Å². The average molecular weight is 173 g/mol. The van der Waals surface area contributed by atoms with E-state index >= 15 is 0 Å². The molecule has 12 heavy (non-hydrogen) atoms. The van der Waals surface area contributed by atoms with Crippen molar-refractivity contribution in [2.24, 2.45) is 5.73 Å². The number of amides is 2. The number of rotatable bonds is 6. The monoisotopic (exact) mass is 173 g/mol. The summed E-state index contributed by atoms with van der Waals surface area (Å²) in [7, 11) is 1.72. The number of carbonyl (C=O) groups is 2. The van der Waals surface area contributed by atoms with Gasteiger partial charge in [-0.3, -0.25) is 0 Å². The highest BCUT2D eigenvalue weighted by atomic mass is 16.2. The summed E-state index contributed by atoms with van der Waals surface area (Å²) in [6.07, 6.45) is 2.30. The van der Waals surface area contributed by atoms with Crippen molar-refractivity contribution in [3.05, 3.63) is 0 Å². The van der Waals surface area contributed by atoms with Gasteiger partial charge in [0.2, 0.25) is 0 Å². The van der Waals surface area contributed by atoms with Crippen molar-refractivity contribution in [3.8, 4) is 0 Å². The number of nitrogens with one attached hydrogen (secondary N) is 2. The Balaban J connectivity index is 3.29. The van der Waals surface area contributed by atoms with E-state index in [-0.39, 0.29) is 6.04 Å². The number of carbonyl (C=O) groups excluding carboxylic acids is 2. The Morgan fingerprint density at radius 1 is 1.67 bits per heavy atom. The molecule has 5 nitrogen and oxygen atoms in total. The van der Waals surface area contributed by atoms with E-state index in [0.29, 0.717) is 13.0 Å². The molecule has 0 aromatic heterocycles. The van der Waals surface area contributed by atoms with Crippen LogP contribution >= 0.6 is 0 Å². The van der Waals surface area contributed by atoms with E-state index in [1.165, 1.54) is 0 Å². The van der Waals surface area contributed by atoms with Crippen molar-refractivity contribution in [1.29, 1.82) is 0 Å². The van der Waals surface area contributed by atoms with Gasteiger partial charge in [-0.1, -0.05) is 0 Å². The summed E-state index contributed by atoms with van der Waals surface area (Å²) in [5, 5.41) is 5.27. The number of aldehydes is 1. The van der Waals surface area contributed by atoms with E-state index in [0.717, 1.165) is 12.7 Å². The van der Waals surface area contributed by atoms with Crippen LogP contribution in [0.25, 0.3) is 0 Å². The van der Waals surface area contributed by atoms with Crippen LogP contribution < -0.4 is 16.4 Å². The molecular weight excluding hydrogens is 158 g/mol. The quantitative estimate of drug-likeness (QED) is 0.364. The van der Waals surface area contributed by atoms with Gasteiger partial charge < -0.3 is 21.2 Å². The largest absolute Gasteiger partial charge is 0.352 e. The van der Waals surface area contributed by atoms with Crippen LogP contribution in [0.2, 0.25) is 0 Å². The molecule has 0 aliphatic heterocycles. The molecule has 0 aliphatic rings. The molecule has 2 amide bonds. The maximum Gasteiger partial charge on any atom is 0.312 e. The predicted molar refractivity (Wildman–Crippen MR) is 45.7 cm³/mol. The minimum Gasteiger partial charge on any atom is -0.352 e. The van der Waals surface area contributed by atoms with Crippen molar-refractivity contribution >= 4 is 12.3 Å². The van der Waals surface area contributed by atoms with Crippen LogP contribution in [0.15, 0.2) is 0 Å². The van der Waals surface area contributed by atoms with Crippen molar-refractivity contribution in [2.75, 3.05) is 13.6 Å². The summed E-state index contributed by atoms with van der Waals surface area (Å²) in [6.45, 7) is 0.515. The zero-order valence-electron chi connectivity index (χ0n) is 7.17. The molecule has 0 spiro atoms. The first-order valence-corrected chi connectivity index (χ1v) is 3.86. The Bertz CT molecular complexity index is 150. The molecular formula is C7H15N3O2. The van der Waals surface area contributed by atoms with Crippen molar-refractivity contribution in [2.45, 2.75) is 18.9 Å². The number of hydrogen-bond acceptors (Lipinski definition) is 3. The van der Waals surface area contributed by atoms with E-state index < -0.39 is 6.03 Å². The second kappa shape index (κ2) is 6.60. The zero-order valence-corrected chi connectivity index (χ0v) is 7.17. The number of urea groups is 1. The average Bonchev–Trinajstić information content (AvgIpc) is 2.04. The third-order valence-electron chi connectivity index (χ3n) is 1.53. The van der Waals surface area contributed by atoms with Gasteiger partial charge in [0.1, 0.15) is 6.29 Å². The molecule has 4 N–H and O–H groups in total. The lowest BCUT2D eigenvalue weighted by Gasteiger charge is -2.07. The van der Waals surface area contributed by atoms with Gasteiger partial charge in [0.05, 0.1) is 6.04 Å². The van der Waals surface area contributed by atoms with Crippen LogP contribution in [0.1, 0.15) is 12.8 Å². The second-order valence-corrected chi connectivity index (χ2v) is 2.46. The van der Waals surface area contributed by atoms with Crippen LogP contribution in [-0.2, 0) is 4.79 Å². The fraction of sp³-hybridized carbons (Fsp3) is 0.714. The lowest BCUT2D eigenvalue weighted by atomic mass is 10.2. The summed E-state index contributed by atoms with van der Waals surface area (Å²) in [5.41, 5.74) is 4.84. The Hall–Kier alpha value is -1.10. The predicted octanol–water partition coefficient (Wildman–Crippen LogP) is -0.778. The van der Waals surface area contributed by atoms with Gasteiger partial charge in [0, 0.05) is 6.54 Å². The van der Waals surface area contributed by atoms with Crippen molar-refractivity contribution in [3.63, 3.8) is 0 Å². The Morgan fingerprint density at radius 3 is 2.75 bits per heavy atom. The number of nitrogens with two attached hydrogens (primary N) is 1. The molecule has 0 aromatic carbocycles. The number of primary amides is 1. The SMILES string of the molecule is CNC(C=O)CCCNC(N)=O. The third kappa shape index (κ3) is 5.67. The van der Waals surface area contributed by atoms with Gasteiger partial charge in [-0.25, -0.2) is 4.79 Å². The van der Waals surface area contributed by atoms with Crippen molar-refractivity contribution in [1.82, 2.24) is 10.6 Å². The van der Waals surface area contributed by atoms with Crippen LogP contribution in [0.3, 0.4) is 0 Å². The molecule has 0 bridgehead atoms. The van der Waals surface area contributed by atoms with E-state index in [1.807, 2.05) is 0 Å². The summed E-state index contributed by atoms with van der Waals surface area (Å²) < 4.78 is 0. The van der Waals surface area contributed by atoms with Gasteiger partial charge >= 0.3 is 6.03 Å². The number of likely N-dealkylation sites (N-methyl/N-ethyl adjacent to an activating group) is 1. The first-order valence-electron chi connectivity index (χ1n) is 3.86. The van der Waals surface area contributed by atoms with Gasteiger partial charge in [-0.2, -0.15) is 0 Å². The topological polar surface area (TPSA) is 84.2 Å². The second-order valence-electron chi connectivity index (χ2n) is 2.46. The van der Waals surface area contributed by atoms with Gasteiger partial charge in [-0.15, -0.1) is 0 Å². The highest BCUT2D eigenvalue weighted by molar-refractivity contribution is 5.71. The fourth-order valence-corrected chi connectivity index (χ4v) is 0.814. The first kappa shape index (κ1) is 10.9. The minimum absolute atomic E-state index is 0.125. The maximum atomic E-state index is 10.3. The lowest BCUT2D eigenvalue weighted by molar-refractivity contribution is -0.109. The normalized spacial score (nSPS) is 12.1. The molecule has 0 fully saturated rings. The molecule has 0 saturated carbocycles. The summed E-state index contributed by atoms with van der Waals surface area (Å²) in [6, 6.07) is -0.651. The molecule has 0 heterocycles. The standard InChI is InChI=1S/C7H15N3O2/c1-9-6(5-11)3-2-4-10-7(8)12/h5-6,9H,2-4H2,1H3,(H3,8,10,12). The van der Waals surface area contributed by atoms with Crippen LogP contribution in [0.4, 0.5) is 4.79 Å².